The van der Waals surface area contributed by atoms with Gasteiger partial charge in [0, 0.05) is 5.39 Å². The molecule has 0 bridgehead atoms. The summed E-state index contributed by atoms with van der Waals surface area (Å²) in [6.07, 6.45) is 0. The second kappa shape index (κ2) is 5.96. The number of carbonyl (C=O) groups is 1. The highest BCUT2D eigenvalue weighted by Crippen LogP contribution is 2.29. The number of hydrogen-bond donors (Lipinski definition) is 2. The largest absolute Gasteiger partial charge is 0.495 e. The lowest BCUT2D eigenvalue weighted by molar-refractivity contribution is 0.0699. The molecule has 0 aliphatic rings. The molecule has 0 aliphatic heterocycles. The van der Waals surface area contributed by atoms with Crippen LogP contribution in [0.1, 0.15) is 15.9 Å². The van der Waals surface area contributed by atoms with Crippen molar-refractivity contribution in [3.8, 4) is 5.75 Å². The van der Waals surface area contributed by atoms with Crippen molar-refractivity contribution in [1.29, 1.82) is 0 Å². The van der Waals surface area contributed by atoms with Crippen molar-refractivity contribution in [2.24, 2.45) is 0 Å². The quantitative estimate of drug-likeness (QED) is 0.762. The zero-order valence-corrected chi connectivity index (χ0v) is 12.8. The smallest absolute Gasteiger partial charge is 0.336 e. The monoisotopic (exact) mass is 308 g/mol. The highest BCUT2D eigenvalue weighted by atomic mass is 16.5. The Morgan fingerprint density at radius 3 is 2.70 bits per heavy atom. The van der Waals surface area contributed by atoms with Gasteiger partial charge in [0.1, 0.15) is 11.6 Å². The Morgan fingerprint density at radius 1 is 1.17 bits per heavy atom. The summed E-state index contributed by atoms with van der Waals surface area (Å²) in [7, 11) is 1.59. The van der Waals surface area contributed by atoms with Crippen LogP contribution in [0.25, 0.3) is 10.9 Å². The Bertz CT molecular complexity index is 891. The van der Waals surface area contributed by atoms with Crippen LogP contribution in [-0.4, -0.2) is 23.2 Å². The molecule has 0 spiro atoms. The number of carboxylic acid groups (broad SMARTS) is 1. The van der Waals surface area contributed by atoms with Gasteiger partial charge in [0.2, 0.25) is 0 Å². The van der Waals surface area contributed by atoms with E-state index in [1.165, 1.54) is 6.07 Å². The number of hydrogen-bond acceptors (Lipinski definition) is 4. The van der Waals surface area contributed by atoms with Crippen LogP contribution < -0.4 is 10.1 Å². The van der Waals surface area contributed by atoms with Gasteiger partial charge < -0.3 is 15.2 Å². The molecule has 1 aromatic heterocycles. The highest BCUT2D eigenvalue weighted by Gasteiger charge is 2.12. The lowest BCUT2D eigenvalue weighted by atomic mass is 10.1. The number of carboxylic acids is 1. The zero-order valence-electron chi connectivity index (χ0n) is 12.8. The first-order valence-electron chi connectivity index (χ1n) is 7.13. The minimum absolute atomic E-state index is 0.213. The van der Waals surface area contributed by atoms with Crippen molar-refractivity contribution in [1.82, 2.24) is 4.98 Å². The molecule has 5 nitrogen and oxygen atoms in total. The van der Waals surface area contributed by atoms with Crippen LogP contribution in [0.15, 0.2) is 48.5 Å². The molecule has 0 radical (unpaired) electrons. The number of anilines is 2. The molecule has 23 heavy (non-hydrogen) atoms. The molecule has 0 aliphatic carbocycles. The number of pyridine rings is 1. The third-order valence-electron chi connectivity index (χ3n) is 3.56. The molecule has 0 amide bonds. The average molecular weight is 308 g/mol. The fraction of sp³-hybridized carbons (Fsp3) is 0.111. The molecule has 0 saturated carbocycles. The SMILES string of the molecule is COc1ccc(C)cc1Nc1cc(C(=O)O)c2ccccc2n1. The lowest BCUT2D eigenvalue weighted by Gasteiger charge is -2.13. The molecule has 0 atom stereocenters. The van der Waals surface area contributed by atoms with E-state index in [9.17, 15) is 9.90 Å². The molecular formula is C18H16N2O3. The summed E-state index contributed by atoms with van der Waals surface area (Å²) in [5, 5.41) is 13.2. The van der Waals surface area contributed by atoms with Gasteiger partial charge in [-0.15, -0.1) is 0 Å². The molecular weight excluding hydrogens is 292 g/mol. The van der Waals surface area contributed by atoms with E-state index in [1.54, 1.807) is 25.3 Å². The molecule has 0 fully saturated rings. The van der Waals surface area contributed by atoms with E-state index in [0.717, 1.165) is 11.3 Å². The van der Waals surface area contributed by atoms with E-state index in [-0.39, 0.29) is 5.56 Å². The Labute approximate surface area is 133 Å². The highest BCUT2D eigenvalue weighted by molar-refractivity contribution is 6.03. The maximum absolute atomic E-state index is 11.5. The first kappa shape index (κ1) is 14.8. The Morgan fingerprint density at radius 2 is 1.96 bits per heavy atom. The van der Waals surface area contributed by atoms with E-state index in [2.05, 4.69) is 10.3 Å². The number of ether oxygens (including phenoxy) is 1. The number of methoxy groups -OCH3 is 1. The number of benzene rings is 2. The number of rotatable bonds is 4. The van der Waals surface area contributed by atoms with Crippen molar-refractivity contribution in [2.45, 2.75) is 6.92 Å². The summed E-state index contributed by atoms with van der Waals surface area (Å²) in [6, 6.07) is 14.4. The second-order valence-electron chi connectivity index (χ2n) is 5.21. The van der Waals surface area contributed by atoms with Gasteiger partial charge in [0.15, 0.2) is 0 Å². The van der Waals surface area contributed by atoms with Crippen molar-refractivity contribution in [2.75, 3.05) is 12.4 Å². The van der Waals surface area contributed by atoms with Crippen molar-refractivity contribution < 1.29 is 14.6 Å². The maximum atomic E-state index is 11.5. The Kier molecular flexibility index (Phi) is 3.85. The normalized spacial score (nSPS) is 10.5. The number of nitrogens with one attached hydrogen (secondary N) is 1. The van der Waals surface area contributed by atoms with E-state index in [0.29, 0.717) is 22.5 Å². The third kappa shape index (κ3) is 2.94. The number of aromatic nitrogens is 1. The summed E-state index contributed by atoms with van der Waals surface area (Å²) in [5.74, 6) is 0.148. The maximum Gasteiger partial charge on any atom is 0.336 e. The van der Waals surface area contributed by atoms with Gasteiger partial charge in [0.05, 0.1) is 23.9 Å². The van der Waals surface area contributed by atoms with Crippen molar-refractivity contribution in [3.05, 3.63) is 59.7 Å². The summed E-state index contributed by atoms with van der Waals surface area (Å²) in [6.45, 7) is 1.97. The van der Waals surface area contributed by atoms with Crippen LogP contribution in [0.5, 0.6) is 5.75 Å². The molecule has 2 N–H and O–H groups in total. The first-order chi connectivity index (χ1) is 11.1. The average Bonchev–Trinajstić information content (AvgIpc) is 2.54. The fourth-order valence-corrected chi connectivity index (χ4v) is 2.47. The topological polar surface area (TPSA) is 71.5 Å². The molecule has 2 aromatic carbocycles. The Hall–Kier alpha value is -3.08. The molecule has 5 heteroatoms. The van der Waals surface area contributed by atoms with Gasteiger partial charge >= 0.3 is 5.97 Å². The van der Waals surface area contributed by atoms with Gasteiger partial charge in [-0.05, 0) is 36.8 Å². The van der Waals surface area contributed by atoms with Crippen LogP contribution in [0.2, 0.25) is 0 Å². The van der Waals surface area contributed by atoms with Crippen LogP contribution in [0.3, 0.4) is 0 Å². The van der Waals surface area contributed by atoms with E-state index >= 15 is 0 Å². The fourth-order valence-electron chi connectivity index (χ4n) is 2.47. The molecule has 116 valence electrons. The van der Waals surface area contributed by atoms with Gasteiger partial charge in [-0.1, -0.05) is 24.3 Å². The van der Waals surface area contributed by atoms with E-state index < -0.39 is 5.97 Å². The second-order valence-corrected chi connectivity index (χ2v) is 5.21. The van der Waals surface area contributed by atoms with Gasteiger partial charge in [0.25, 0.3) is 0 Å². The van der Waals surface area contributed by atoms with Crippen LogP contribution in [-0.2, 0) is 0 Å². The number of aryl methyl sites for hydroxylation is 1. The third-order valence-corrected chi connectivity index (χ3v) is 3.56. The molecule has 0 unspecified atom stereocenters. The van der Waals surface area contributed by atoms with E-state index in [1.807, 2.05) is 31.2 Å². The van der Waals surface area contributed by atoms with Gasteiger partial charge in [-0.25, -0.2) is 9.78 Å². The number of para-hydroxylation sites is 1. The summed E-state index contributed by atoms with van der Waals surface area (Å²) >= 11 is 0. The van der Waals surface area contributed by atoms with Crippen LogP contribution >= 0.6 is 0 Å². The lowest BCUT2D eigenvalue weighted by Crippen LogP contribution is -2.03. The van der Waals surface area contributed by atoms with Crippen molar-refractivity contribution in [3.63, 3.8) is 0 Å². The minimum Gasteiger partial charge on any atom is -0.495 e. The molecule has 3 rings (SSSR count). The minimum atomic E-state index is -0.983. The molecule has 3 aromatic rings. The summed E-state index contributed by atoms with van der Waals surface area (Å²) in [5.41, 5.74) is 2.64. The predicted octanol–water partition coefficient (Wildman–Crippen LogP) is 3.99. The van der Waals surface area contributed by atoms with E-state index in [4.69, 9.17) is 4.74 Å². The number of fused-ring (bicyclic) bond motifs is 1. The molecule has 1 heterocycles. The van der Waals surface area contributed by atoms with Crippen LogP contribution in [0.4, 0.5) is 11.5 Å². The summed E-state index contributed by atoms with van der Waals surface area (Å²) < 4.78 is 5.33. The van der Waals surface area contributed by atoms with Gasteiger partial charge in [-0.2, -0.15) is 0 Å². The standard InChI is InChI=1S/C18H16N2O3/c1-11-7-8-16(23-2)15(9-11)20-17-10-13(18(21)22)12-5-3-4-6-14(12)19-17/h3-10H,1-2H3,(H,19,20)(H,21,22). The first-order valence-corrected chi connectivity index (χ1v) is 7.13. The zero-order chi connectivity index (χ0) is 16.4. The van der Waals surface area contributed by atoms with Gasteiger partial charge in [-0.3, -0.25) is 0 Å². The van der Waals surface area contributed by atoms with Crippen molar-refractivity contribution >= 4 is 28.4 Å². The number of nitrogens with zero attached hydrogens (tertiary/aromatic N) is 1. The molecule has 0 saturated heterocycles. The summed E-state index contributed by atoms with van der Waals surface area (Å²) in [4.78, 5) is 16.0. The Balaban J connectivity index is 2.11. The number of aromatic carboxylic acids is 1. The predicted molar refractivity (Wildman–Crippen MR) is 89.7 cm³/mol. The van der Waals surface area contributed by atoms with Crippen LogP contribution in [0, 0.1) is 6.92 Å².